The number of hydrogen-bond donors (Lipinski definition) is 1. The van der Waals surface area contributed by atoms with Gasteiger partial charge in [-0.2, -0.15) is 13.2 Å². The molecule has 0 amide bonds. The Bertz CT molecular complexity index is 503. The van der Waals surface area contributed by atoms with E-state index >= 15 is 0 Å². The van der Waals surface area contributed by atoms with Gasteiger partial charge in [-0.25, -0.2) is 0 Å². The van der Waals surface area contributed by atoms with E-state index in [2.05, 4.69) is 22.0 Å². The second kappa shape index (κ2) is 13.9. The van der Waals surface area contributed by atoms with Crippen LogP contribution in [0.3, 0.4) is 0 Å². The summed E-state index contributed by atoms with van der Waals surface area (Å²) in [5.74, 6) is 1.58. The predicted octanol–water partition coefficient (Wildman–Crippen LogP) is 2.74. The number of aliphatic imine (C=N–C) groups is 1. The molecule has 0 aromatic carbocycles. The molecule has 0 aromatic heterocycles. The molecular weight excluding hydrogens is 510 g/mol. The van der Waals surface area contributed by atoms with Gasteiger partial charge in [0.2, 0.25) is 0 Å². The van der Waals surface area contributed by atoms with E-state index in [1.54, 1.807) is 6.92 Å². The van der Waals surface area contributed by atoms with Crippen LogP contribution in [0.4, 0.5) is 13.2 Å². The van der Waals surface area contributed by atoms with Gasteiger partial charge in [0.15, 0.2) is 5.96 Å². The molecule has 0 aliphatic carbocycles. The summed E-state index contributed by atoms with van der Waals surface area (Å²) >= 11 is 0. The normalized spacial score (nSPS) is 22.3. The highest BCUT2D eigenvalue weighted by Gasteiger charge is 2.33. The molecule has 178 valence electrons. The van der Waals surface area contributed by atoms with Crippen LogP contribution in [0, 0.1) is 11.8 Å². The lowest BCUT2D eigenvalue weighted by Crippen LogP contribution is -2.42. The van der Waals surface area contributed by atoms with Crippen molar-refractivity contribution >= 4 is 29.9 Å². The zero-order chi connectivity index (χ0) is 21.3. The number of halogens is 4. The van der Waals surface area contributed by atoms with E-state index in [1.165, 1.54) is 4.90 Å². The fraction of sp³-hybridized carbons (Fsp3) is 0.950. The number of alkyl halides is 3. The van der Waals surface area contributed by atoms with Crippen molar-refractivity contribution in [2.75, 3.05) is 78.7 Å². The second-order valence-electron chi connectivity index (χ2n) is 8.26. The summed E-state index contributed by atoms with van der Waals surface area (Å²) in [5.41, 5.74) is 0. The molecular formula is C20H39F3IN5O. The molecule has 10 heteroatoms. The Morgan fingerprint density at radius 3 is 2.53 bits per heavy atom. The molecule has 2 saturated heterocycles. The lowest BCUT2D eigenvalue weighted by atomic mass is 10.1. The molecule has 0 spiro atoms. The Kier molecular flexibility index (Phi) is 12.9. The van der Waals surface area contributed by atoms with Crippen molar-refractivity contribution in [1.29, 1.82) is 0 Å². The Morgan fingerprint density at radius 2 is 1.93 bits per heavy atom. The highest BCUT2D eigenvalue weighted by Crippen LogP contribution is 2.21. The molecule has 2 atom stereocenters. The van der Waals surface area contributed by atoms with E-state index in [4.69, 9.17) is 9.73 Å². The monoisotopic (exact) mass is 549 g/mol. The number of morpholine rings is 1. The first-order valence-electron chi connectivity index (χ1n) is 10.9. The summed E-state index contributed by atoms with van der Waals surface area (Å²) < 4.78 is 43.6. The molecule has 6 nitrogen and oxygen atoms in total. The minimum Gasteiger partial charge on any atom is -0.379 e. The fourth-order valence-electron chi connectivity index (χ4n) is 4.05. The Morgan fingerprint density at radius 1 is 1.23 bits per heavy atom. The number of guanidine groups is 1. The third-order valence-electron chi connectivity index (χ3n) is 5.51. The van der Waals surface area contributed by atoms with Gasteiger partial charge in [0.25, 0.3) is 0 Å². The van der Waals surface area contributed by atoms with E-state index < -0.39 is 12.7 Å². The van der Waals surface area contributed by atoms with E-state index in [1.807, 2.05) is 6.92 Å². The first-order chi connectivity index (χ1) is 13.8. The van der Waals surface area contributed by atoms with Gasteiger partial charge in [-0.05, 0) is 31.7 Å². The van der Waals surface area contributed by atoms with Crippen molar-refractivity contribution in [1.82, 2.24) is 20.0 Å². The van der Waals surface area contributed by atoms with Gasteiger partial charge in [-0.1, -0.05) is 13.8 Å². The lowest BCUT2D eigenvalue weighted by Gasteiger charge is -2.29. The van der Waals surface area contributed by atoms with Gasteiger partial charge in [-0.3, -0.25) is 14.8 Å². The standard InChI is InChI=1S/C20H38F3N5O.HI/c1-4-24-19(25-12-17(3)13-27-8-10-29-11-9-27)28-7-6-18(15-28)14-26(5-2)16-20(21,22)23;/h17-18H,4-16H2,1-3H3,(H,24,25);1H. The second-order valence-corrected chi connectivity index (χ2v) is 8.26. The summed E-state index contributed by atoms with van der Waals surface area (Å²) in [6, 6.07) is 0. The summed E-state index contributed by atoms with van der Waals surface area (Å²) in [7, 11) is 0. The zero-order valence-corrected chi connectivity index (χ0v) is 20.9. The van der Waals surface area contributed by atoms with Crippen LogP contribution in [0.15, 0.2) is 4.99 Å². The molecule has 2 unspecified atom stereocenters. The quantitative estimate of drug-likeness (QED) is 0.272. The lowest BCUT2D eigenvalue weighted by molar-refractivity contribution is -0.146. The van der Waals surface area contributed by atoms with Gasteiger partial charge < -0.3 is 15.0 Å². The number of hydrogen-bond acceptors (Lipinski definition) is 4. The van der Waals surface area contributed by atoms with Crippen LogP contribution in [0.25, 0.3) is 0 Å². The minimum atomic E-state index is -4.14. The SMILES string of the molecule is CCNC(=NCC(C)CN1CCOCC1)N1CCC(CN(CC)CC(F)(F)F)C1.I. The maximum absolute atomic E-state index is 12.7. The third-order valence-corrected chi connectivity index (χ3v) is 5.51. The first-order valence-corrected chi connectivity index (χ1v) is 10.9. The van der Waals surface area contributed by atoms with E-state index in [0.29, 0.717) is 19.0 Å². The summed E-state index contributed by atoms with van der Waals surface area (Å²) in [5, 5.41) is 3.36. The number of nitrogens with one attached hydrogen (secondary N) is 1. The average molecular weight is 549 g/mol. The molecule has 0 saturated carbocycles. The molecule has 30 heavy (non-hydrogen) atoms. The molecule has 0 radical (unpaired) electrons. The number of nitrogens with zero attached hydrogens (tertiary/aromatic N) is 4. The van der Waals surface area contributed by atoms with Crippen molar-refractivity contribution in [3.63, 3.8) is 0 Å². The van der Waals surface area contributed by atoms with E-state index in [-0.39, 0.29) is 29.9 Å². The number of ether oxygens (including phenoxy) is 1. The van der Waals surface area contributed by atoms with E-state index in [9.17, 15) is 13.2 Å². The smallest absolute Gasteiger partial charge is 0.379 e. The average Bonchev–Trinajstić information content (AvgIpc) is 3.12. The molecule has 2 aliphatic heterocycles. The van der Waals surface area contributed by atoms with Crippen LogP contribution in [-0.4, -0.2) is 105 Å². The van der Waals surface area contributed by atoms with Crippen molar-refractivity contribution < 1.29 is 17.9 Å². The predicted molar refractivity (Wildman–Crippen MR) is 126 cm³/mol. The van der Waals surface area contributed by atoms with Crippen LogP contribution in [0.1, 0.15) is 27.2 Å². The largest absolute Gasteiger partial charge is 0.401 e. The minimum absolute atomic E-state index is 0. The molecule has 0 aromatic rings. The molecule has 2 aliphatic rings. The number of rotatable bonds is 9. The van der Waals surface area contributed by atoms with Gasteiger partial charge in [0, 0.05) is 52.4 Å². The van der Waals surface area contributed by atoms with Gasteiger partial charge in [0.1, 0.15) is 0 Å². The summed E-state index contributed by atoms with van der Waals surface area (Å²) in [6.45, 7) is 13.8. The van der Waals surface area contributed by atoms with Gasteiger partial charge in [-0.15, -0.1) is 24.0 Å². The van der Waals surface area contributed by atoms with Crippen LogP contribution in [-0.2, 0) is 4.74 Å². The Balaban J connectivity index is 0.00000450. The first kappa shape index (κ1) is 27.7. The highest BCUT2D eigenvalue weighted by molar-refractivity contribution is 14.0. The highest BCUT2D eigenvalue weighted by atomic mass is 127. The maximum atomic E-state index is 12.7. The maximum Gasteiger partial charge on any atom is 0.401 e. The van der Waals surface area contributed by atoms with Crippen molar-refractivity contribution in [2.24, 2.45) is 16.8 Å². The summed E-state index contributed by atoms with van der Waals surface area (Å²) in [6.07, 6.45) is -3.23. The van der Waals surface area contributed by atoms with Crippen LogP contribution >= 0.6 is 24.0 Å². The number of likely N-dealkylation sites (tertiary alicyclic amines) is 1. The molecule has 0 bridgehead atoms. The molecule has 2 rings (SSSR count). The van der Waals surface area contributed by atoms with Gasteiger partial charge >= 0.3 is 6.18 Å². The Hall–Kier alpha value is -0.330. The zero-order valence-electron chi connectivity index (χ0n) is 18.6. The Labute approximate surface area is 196 Å². The van der Waals surface area contributed by atoms with Crippen molar-refractivity contribution in [3.05, 3.63) is 0 Å². The van der Waals surface area contributed by atoms with Crippen molar-refractivity contribution in [3.8, 4) is 0 Å². The molecule has 2 fully saturated rings. The van der Waals surface area contributed by atoms with Gasteiger partial charge in [0.05, 0.1) is 19.8 Å². The third kappa shape index (κ3) is 10.3. The topological polar surface area (TPSA) is 43.3 Å². The van der Waals surface area contributed by atoms with Crippen LogP contribution in [0.2, 0.25) is 0 Å². The van der Waals surface area contributed by atoms with Crippen LogP contribution < -0.4 is 5.32 Å². The van der Waals surface area contributed by atoms with Crippen LogP contribution in [0.5, 0.6) is 0 Å². The fourth-order valence-corrected chi connectivity index (χ4v) is 4.05. The van der Waals surface area contributed by atoms with E-state index in [0.717, 1.165) is 71.4 Å². The van der Waals surface area contributed by atoms with Crippen molar-refractivity contribution in [2.45, 2.75) is 33.4 Å². The summed E-state index contributed by atoms with van der Waals surface area (Å²) in [4.78, 5) is 11.0. The molecule has 2 heterocycles. The molecule has 1 N–H and O–H groups in total.